The number of amides is 1. The van der Waals surface area contributed by atoms with E-state index >= 15 is 0 Å². The Morgan fingerprint density at radius 1 is 1.14 bits per heavy atom. The number of carbonyl (C=O) groups is 2. The summed E-state index contributed by atoms with van der Waals surface area (Å²) in [5.74, 6) is 0.0910. The summed E-state index contributed by atoms with van der Waals surface area (Å²) in [5, 5.41) is 0. The largest absolute Gasteiger partial charge is 0.321 e. The minimum Gasteiger partial charge on any atom is -0.321 e. The summed E-state index contributed by atoms with van der Waals surface area (Å²) in [4.78, 5) is 26.5. The molecule has 0 saturated carbocycles. The van der Waals surface area contributed by atoms with Gasteiger partial charge in [0.25, 0.3) is 5.91 Å². The molecule has 110 valence electrons. The molecule has 1 aromatic carbocycles. The number of carbonyl (C=O) groups excluding carboxylic acids is 2. The summed E-state index contributed by atoms with van der Waals surface area (Å²) in [5.41, 5.74) is 2.56. The van der Waals surface area contributed by atoms with Crippen LogP contribution in [0.4, 0.5) is 0 Å². The number of rotatable bonds is 1. The van der Waals surface area contributed by atoms with Crippen LogP contribution in [0.3, 0.4) is 0 Å². The molecular formula is C18H14INO2. The molecule has 1 atom stereocenters. The molecule has 22 heavy (non-hydrogen) atoms. The van der Waals surface area contributed by atoms with Gasteiger partial charge in [0.2, 0.25) is 0 Å². The van der Waals surface area contributed by atoms with Crippen LogP contribution in [0.2, 0.25) is 0 Å². The van der Waals surface area contributed by atoms with Crippen LogP contribution in [-0.4, -0.2) is 28.7 Å². The number of benzene rings is 1. The van der Waals surface area contributed by atoms with Gasteiger partial charge in [-0.1, -0.05) is 30.3 Å². The quantitative estimate of drug-likeness (QED) is 0.676. The van der Waals surface area contributed by atoms with E-state index in [2.05, 4.69) is 22.6 Å². The summed E-state index contributed by atoms with van der Waals surface area (Å²) in [6.45, 7) is 0.734. The summed E-state index contributed by atoms with van der Waals surface area (Å²) >= 11 is 2.16. The Morgan fingerprint density at radius 3 is 2.68 bits per heavy atom. The Hall–Kier alpha value is -1.69. The fraction of sp³-hybridized carbons (Fsp3) is 0.222. The lowest BCUT2D eigenvalue weighted by Gasteiger charge is -2.45. The molecule has 0 N–H and O–H groups in total. The fourth-order valence-corrected chi connectivity index (χ4v) is 4.77. The molecule has 1 unspecified atom stereocenters. The first kappa shape index (κ1) is 13.9. The molecule has 0 aromatic heterocycles. The van der Waals surface area contributed by atoms with Gasteiger partial charge in [0.05, 0.1) is 3.58 Å². The van der Waals surface area contributed by atoms with Crippen LogP contribution < -0.4 is 0 Å². The maximum Gasteiger partial charge on any atom is 0.261 e. The Balaban J connectivity index is 2.00. The first-order valence-electron chi connectivity index (χ1n) is 7.36. The summed E-state index contributed by atoms with van der Waals surface area (Å²) in [6, 6.07) is 10.0. The average Bonchev–Trinajstić information content (AvgIpc) is 2.76. The number of nitrogens with zero attached hydrogens (tertiary/aromatic N) is 1. The first-order chi connectivity index (χ1) is 10.6. The van der Waals surface area contributed by atoms with Crippen molar-refractivity contribution in [3.05, 3.63) is 63.3 Å². The number of allylic oxidation sites excluding steroid dienone is 2. The maximum atomic E-state index is 12.8. The Morgan fingerprint density at radius 2 is 1.91 bits per heavy atom. The topological polar surface area (TPSA) is 37.4 Å². The highest BCUT2D eigenvalue weighted by Crippen LogP contribution is 2.53. The van der Waals surface area contributed by atoms with E-state index in [1.54, 1.807) is 12.2 Å². The monoisotopic (exact) mass is 403 g/mol. The molecule has 4 heteroatoms. The second-order valence-electron chi connectivity index (χ2n) is 5.79. The van der Waals surface area contributed by atoms with Crippen molar-refractivity contribution in [2.24, 2.45) is 0 Å². The van der Waals surface area contributed by atoms with Crippen LogP contribution >= 0.6 is 22.6 Å². The van der Waals surface area contributed by atoms with Gasteiger partial charge in [0, 0.05) is 12.1 Å². The predicted molar refractivity (Wildman–Crippen MR) is 93.3 cm³/mol. The molecule has 0 radical (unpaired) electrons. The van der Waals surface area contributed by atoms with E-state index in [0.29, 0.717) is 0 Å². The third kappa shape index (κ3) is 1.73. The molecule has 1 aromatic rings. The lowest BCUT2D eigenvalue weighted by molar-refractivity contribution is -0.128. The number of piperidine rings is 1. The van der Waals surface area contributed by atoms with Gasteiger partial charge in [-0.15, -0.1) is 0 Å². The highest BCUT2D eigenvalue weighted by molar-refractivity contribution is 14.1. The van der Waals surface area contributed by atoms with Crippen molar-refractivity contribution >= 4 is 39.9 Å². The summed E-state index contributed by atoms with van der Waals surface area (Å²) in [7, 11) is 0. The van der Waals surface area contributed by atoms with E-state index in [-0.39, 0.29) is 11.7 Å². The van der Waals surface area contributed by atoms with Crippen molar-refractivity contribution < 1.29 is 9.59 Å². The molecule has 1 fully saturated rings. The minimum atomic E-state index is -0.554. The van der Waals surface area contributed by atoms with Gasteiger partial charge < -0.3 is 4.90 Å². The SMILES string of the molecule is O=C1C=CC23C(=C1)CCCN2C(=O)C(I)=C3c1ccccc1. The standard InChI is InChI=1S/C18H14INO2/c19-16-15(12-5-2-1-3-6-12)18-9-8-14(21)11-13(18)7-4-10-20(18)17(16)22/h1-3,5-6,8-9,11H,4,7,10H2. The van der Waals surface area contributed by atoms with Crippen molar-refractivity contribution in [3.8, 4) is 0 Å². The van der Waals surface area contributed by atoms with Crippen LogP contribution in [0.5, 0.6) is 0 Å². The van der Waals surface area contributed by atoms with E-state index in [9.17, 15) is 9.59 Å². The van der Waals surface area contributed by atoms with Crippen LogP contribution in [0.1, 0.15) is 18.4 Å². The van der Waals surface area contributed by atoms with Gasteiger partial charge in [0.15, 0.2) is 5.78 Å². The van der Waals surface area contributed by atoms with Gasteiger partial charge in [-0.3, -0.25) is 9.59 Å². The van der Waals surface area contributed by atoms with E-state index in [4.69, 9.17) is 0 Å². The fourth-order valence-electron chi connectivity index (χ4n) is 3.75. The number of hydrogen-bond acceptors (Lipinski definition) is 2. The molecule has 3 aliphatic rings. The highest BCUT2D eigenvalue weighted by Gasteiger charge is 2.54. The molecule has 2 aliphatic heterocycles. The van der Waals surface area contributed by atoms with Crippen LogP contribution in [0.15, 0.2) is 57.7 Å². The van der Waals surface area contributed by atoms with Crippen molar-refractivity contribution in [1.82, 2.24) is 4.90 Å². The lowest BCUT2D eigenvalue weighted by Crippen LogP contribution is -2.52. The first-order valence-corrected chi connectivity index (χ1v) is 8.44. The zero-order valence-electron chi connectivity index (χ0n) is 11.9. The Kier molecular flexibility index (Phi) is 3.11. The van der Waals surface area contributed by atoms with E-state index < -0.39 is 5.54 Å². The number of halogens is 1. The van der Waals surface area contributed by atoms with Gasteiger partial charge in [0.1, 0.15) is 5.54 Å². The zero-order valence-corrected chi connectivity index (χ0v) is 14.0. The highest BCUT2D eigenvalue weighted by atomic mass is 127. The third-order valence-electron chi connectivity index (χ3n) is 4.64. The molecule has 1 saturated heterocycles. The molecular weight excluding hydrogens is 389 g/mol. The second kappa shape index (κ2) is 4.91. The van der Waals surface area contributed by atoms with Gasteiger partial charge >= 0.3 is 0 Å². The smallest absolute Gasteiger partial charge is 0.261 e. The zero-order chi connectivity index (χ0) is 15.3. The number of hydrogen-bond donors (Lipinski definition) is 0. The maximum absolute atomic E-state index is 12.8. The van der Waals surface area contributed by atoms with E-state index in [0.717, 1.165) is 39.7 Å². The molecule has 2 heterocycles. The van der Waals surface area contributed by atoms with Crippen LogP contribution in [-0.2, 0) is 9.59 Å². The van der Waals surface area contributed by atoms with Gasteiger partial charge in [-0.05, 0) is 64.8 Å². The molecule has 3 nitrogen and oxygen atoms in total. The van der Waals surface area contributed by atoms with Crippen LogP contribution in [0.25, 0.3) is 5.57 Å². The predicted octanol–water partition coefficient (Wildman–Crippen LogP) is 3.27. The molecule has 1 aliphatic carbocycles. The van der Waals surface area contributed by atoms with Crippen molar-refractivity contribution in [1.29, 1.82) is 0 Å². The average molecular weight is 403 g/mol. The van der Waals surface area contributed by atoms with E-state index in [1.165, 1.54) is 0 Å². The Labute approximate surface area is 142 Å². The second-order valence-corrected chi connectivity index (χ2v) is 6.87. The Bertz CT molecular complexity index is 776. The van der Waals surface area contributed by atoms with Crippen molar-refractivity contribution in [2.45, 2.75) is 18.4 Å². The van der Waals surface area contributed by atoms with Gasteiger partial charge in [-0.25, -0.2) is 0 Å². The molecule has 4 rings (SSSR count). The summed E-state index contributed by atoms with van der Waals surface area (Å²) < 4.78 is 0.760. The van der Waals surface area contributed by atoms with E-state index in [1.807, 2.05) is 41.3 Å². The lowest BCUT2D eigenvalue weighted by atomic mass is 9.73. The van der Waals surface area contributed by atoms with Gasteiger partial charge in [-0.2, -0.15) is 0 Å². The minimum absolute atomic E-state index is 0.0178. The summed E-state index contributed by atoms with van der Waals surface area (Å²) in [6.07, 6.45) is 7.02. The van der Waals surface area contributed by atoms with Crippen molar-refractivity contribution in [2.75, 3.05) is 6.54 Å². The molecule has 1 amide bonds. The van der Waals surface area contributed by atoms with Crippen LogP contribution in [0, 0.1) is 0 Å². The molecule has 0 bridgehead atoms. The number of ketones is 1. The normalized spacial score (nSPS) is 27.0. The third-order valence-corrected chi connectivity index (χ3v) is 5.65. The molecule has 1 spiro atoms. The van der Waals surface area contributed by atoms with Crippen molar-refractivity contribution in [3.63, 3.8) is 0 Å².